The van der Waals surface area contributed by atoms with Gasteiger partial charge in [-0.05, 0) is 36.6 Å². The lowest BCUT2D eigenvalue weighted by Gasteiger charge is -2.10. The summed E-state index contributed by atoms with van der Waals surface area (Å²) in [5.74, 6) is -0.0809. The number of rotatable bonds is 5. The van der Waals surface area contributed by atoms with Gasteiger partial charge < -0.3 is 5.32 Å². The summed E-state index contributed by atoms with van der Waals surface area (Å²) in [5, 5.41) is 6.80. The van der Waals surface area contributed by atoms with Crippen LogP contribution in [0.3, 0.4) is 0 Å². The summed E-state index contributed by atoms with van der Waals surface area (Å²) in [7, 11) is 0. The fourth-order valence-corrected chi connectivity index (χ4v) is 3.32. The third-order valence-electron chi connectivity index (χ3n) is 5.15. The number of carbonyl (C=O) groups is 1. The Bertz CT molecular complexity index is 1230. The molecule has 0 saturated heterocycles. The fourth-order valence-electron chi connectivity index (χ4n) is 3.32. The molecule has 1 N–H and O–H groups in total. The zero-order chi connectivity index (χ0) is 22.1. The van der Waals surface area contributed by atoms with Crippen LogP contribution in [0.2, 0.25) is 0 Å². The number of aromatic nitrogens is 3. The van der Waals surface area contributed by atoms with Crippen molar-refractivity contribution >= 4 is 17.2 Å². The van der Waals surface area contributed by atoms with E-state index in [9.17, 15) is 13.6 Å². The van der Waals surface area contributed by atoms with Crippen molar-refractivity contribution in [1.82, 2.24) is 14.6 Å². The molecule has 5 nitrogen and oxygen atoms in total. The van der Waals surface area contributed by atoms with E-state index in [1.54, 1.807) is 0 Å². The third kappa shape index (κ3) is 4.17. The molecule has 1 amide bonds. The average Bonchev–Trinajstić information content (AvgIpc) is 3.18. The van der Waals surface area contributed by atoms with Crippen molar-refractivity contribution in [3.05, 3.63) is 83.2 Å². The summed E-state index contributed by atoms with van der Waals surface area (Å²) in [6.07, 6.45) is -1.50. The van der Waals surface area contributed by atoms with Gasteiger partial charge in [-0.1, -0.05) is 55.8 Å². The van der Waals surface area contributed by atoms with Crippen LogP contribution in [0.4, 0.5) is 14.5 Å². The molecule has 0 saturated carbocycles. The Balaban J connectivity index is 1.74. The highest BCUT2D eigenvalue weighted by atomic mass is 19.3. The van der Waals surface area contributed by atoms with Gasteiger partial charge in [0.2, 0.25) is 0 Å². The molecule has 0 aliphatic carbocycles. The summed E-state index contributed by atoms with van der Waals surface area (Å²) in [6, 6.07) is 16.2. The number of anilines is 1. The molecule has 0 unspecified atom stereocenters. The lowest BCUT2D eigenvalue weighted by Crippen LogP contribution is -2.13. The molecule has 4 aromatic rings. The molecule has 4 rings (SSSR count). The zero-order valence-electron chi connectivity index (χ0n) is 17.4. The van der Waals surface area contributed by atoms with Crippen LogP contribution in [0.5, 0.6) is 0 Å². The van der Waals surface area contributed by atoms with Crippen molar-refractivity contribution in [3.63, 3.8) is 0 Å². The van der Waals surface area contributed by atoms with Crippen LogP contribution in [0.15, 0.2) is 60.8 Å². The minimum absolute atomic E-state index is 0.0877. The summed E-state index contributed by atoms with van der Waals surface area (Å²) >= 11 is 0. The van der Waals surface area contributed by atoms with Crippen LogP contribution >= 0.6 is 0 Å². The smallest absolute Gasteiger partial charge is 0.280 e. The van der Waals surface area contributed by atoms with E-state index in [4.69, 9.17) is 0 Å². The highest BCUT2D eigenvalue weighted by molar-refractivity contribution is 6.08. The van der Waals surface area contributed by atoms with Crippen molar-refractivity contribution in [3.8, 4) is 11.3 Å². The van der Waals surface area contributed by atoms with Gasteiger partial charge in [0.1, 0.15) is 11.3 Å². The first-order chi connectivity index (χ1) is 14.8. The van der Waals surface area contributed by atoms with E-state index in [2.05, 4.69) is 29.2 Å². The van der Waals surface area contributed by atoms with Gasteiger partial charge >= 0.3 is 0 Å². The maximum Gasteiger partial charge on any atom is 0.280 e. The topological polar surface area (TPSA) is 59.3 Å². The van der Waals surface area contributed by atoms with Gasteiger partial charge in [-0.25, -0.2) is 18.3 Å². The van der Waals surface area contributed by atoms with E-state index in [-0.39, 0.29) is 16.9 Å². The van der Waals surface area contributed by atoms with Crippen molar-refractivity contribution < 1.29 is 13.6 Å². The highest BCUT2D eigenvalue weighted by Gasteiger charge is 2.21. The van der Waals surface area contributed by atoms with E-state index in [0.29, 0.717) is 22.9 Å². The summed E-state index contributed by atoms with van der Waals surface area (Å²) in [6.45, 7) is 6.12. The Hall–Kier alpha value is -3.61. The first kappa shape index (κ1) is 20.7. The van der Waals surface area contributed by atoms with E-state index in [1.165, 1.54) is 12.3 Å². The molecule has 0 bridgehead atoms. The molecular weight excluding hydrogens is 398 g/mol. The molecule has 0 radical (unpaired) electrons. The van der Waals surface area contributed by atoms with Crippen LogP contribution in [0.25, 0.3) is 16.9 Å². The maximum absolute atomic E-state index is 13.7. The van der Waals surface area contributed by atoms with Gasteiger partial charge in [-0.2, -0.15) is 5.10 Å². The standard InChI is InChI=1S/C24H22F2N4O/c1-14(2)16-8-10-18(11-9-16)28-24(31)19-13-27-30-21(22(25)26)12-20(29-23(19)30)17-6-4-15(3)5-7-17/h4-14,22H,1-3H3,(H,28,31). The first-order valence-corrected chi connectivity index (χ1v) is 9.98. The summed E-state index contributed by atoms with van der Waals surface area (Å²) in [4.78, 5) is 17.4. The summed E-state index contributed by atoms with van der Waals surface area (Å²) < 4.78 is 28.5. The maximum atomic E-state index is 13.7. The molecule has 0 atom stereocenters. The molecule has 2 aromatic heterocycles. The predicted molar refractivity (Wildman–Crippen MR) is 117 cm³/mol. The molecule has 0 aliphatic rings. The van der Waals surface area contributed by atoms with Gasteiger partial charge in [-0.3, -0.25) is 4.79 Å². The fraction of sp³-hybridized carbons (Fsp3) is 0.208. The highest BCUT2D eigenvalue weighted by Crippen LogP contribution is 2.27. The molecule has 0 fully saturated rings. The van der Waals surface area contributed by atoms with E-state index in [1.807, 2.05) is 55.5 Å². The Kier molecular flexibility index (Phi) is 5.50. The monoisotopic (exact) mass is 420 g/mol. The van der Waals surface area contributed by atoms with Crippen LogP contribution in [0, 0.1) is 6.92 Å². The SMILES string of the molecule is Cc1ccc(-c2cc(C(F)F)n3ncc(C(=O)Nc4ccc(C(C)C)cc4)c3n2)cc1. The number of aryl methyl sites for hydroxylation is 1. The Morgan fingerprint density at radius 2 is 1.71 bits per heavy atom. The Morgan fingerprint density at radius 1 is 1.03 bits per heavy atom. The van der Waals surface area contributed by atoms with Gasteiger partial charge in [-0.15, -0.1) is 0 Å². The number of amides is 1. The number of fused-ring (bicyclic) bond motifs is 1. The minimum atomic E-state index is -2.77. The number of halogens is 2. The average molecular weight is 420 g/mol. The van der Waals surface area contributed by atoms with Crippen molar-refractivity contribution in [2.45, 2.75) is 33.1 Å². The van der Waals surface area contributed by atoms with E-state index in [0.717, 1.165) is 15.6 Å². The van der Waals surface area contributed by atoms with Crippen LogP contribution in [0.1, 0.15) is 53.4 Å². The summed E-state index contributed by atoms with van der Waals surface area (Å²) in [5.41, 5.74) is 3.75. The van der Waals surface area contributed by atoms with Crippen LogP contribution in [-0.4, -0.2) is 20.5 Å². The van der Waals surface area contributed by atoms with Crippen molar-refractivity contribution in [2.75, 3.05) is 5.32 Å². The van der Waals surface area contributed by atoms with Gasteiger partial charge in [0.25, 0.3) is 12.3 Å². The molecule has 0 aliphatic heterocycles. The second-order valence-corrected chi connectivity index (χ2v) is 7.76. The molecule has 0 spiro atoms. The Labute approximate surface area is 178 Å². The number of benzene rings is 2. The molecule has 2 heterocycles. The second-order valence-electron chi connectivity index (χ2n) is 7.76. The number of hydrogen-bond donors (Lipinski definition) is 1. The normalized spacial score (nSPS) is 11.5. The molecular formula is C24H22F2N4O. The van der Waals surface area contributed by atoms with Gasteiger partial charge in [0.05, 0.1) is 11.9 Å². The van der Waals surface area contributed by atoms with Crippen molar-refractivity contribution in [1.29, 1.82) is 0 Å². The molecule has 158 valence electrons. The zero-order valence-corrected chi connectivity index (χ0v) is 17.4. The lowest BCUT2D eigenvalue weighted by molar-refractivity contribution is 0.102. The van der Waals surface area contributed by atoms with E-state index < -0.39 is 12.3 Å². The number of carbonyl (C=O) groups excluding carboxylic acids is 1. The largest absolute Gasteiger partial charge is 0.322 e. The molecule has 7 heteroatoms. The minimum Gasteiger partial charge on any atom is -0.322 e. The number of nitrogens with zero attached hydrogens (tertiary/aromatic N) is 3. The van der Waals surface area contributed by atoms with Crippen LogP contribution in [-0.2, 0) is 0 Å². The molecule has 2 aromatic carbocycles. The second kappa shape index (κ2) is 8.26. The Morgan fingerprint density at radius 3 is 2.32 bits per heavy atom. The quantitative estimate of drug-likeness (QED) is 0.430. The number of nitrogens with one attached hydrogen (secondary N) is 1. The first-order valence-electron chi connectivity index (χ1n) is 9.98. The van der Waals surface area contributed by atoms with Crippen molar-refractivity contribution in [2.24, 2.45) is 0 Å². The van der Waals surface area contributed by atoms with Gasteiger partial charge in [0, 0.05) is 11.3 Å². The van der Waals surface area contributed by atoms with E-state index >= 15 is 0 Å². The van der Waals surface area contributed by atoms with Crippen LogP contribution < -0.4 is 5.32 Å². The lowest BCUT2D eigenvalue weighted by atomic mass is 10.0. The third-order valence-corrected chi connectivity index (χ3v) is 5.15. The van der Waals surface area contributed by atoms with Gasteiger partial charge in [0.15, 0.2) is 5.65 Å². The number of hydrogen-bond acceptors (Lipinski definition) is 3. The molecule has 31 heavy (non-hydrogen) atoms. The predicted octanol–water partition coefficient (Wildman–Crippen LogP) is 6.02. The number of alkyl halides is 2.